The van der Waals surface area contributed by atoms with Gasteiger partial charge in [0.25, 0.3) is 0 Å². The molecule has 752 valence electrons. The van der Waals surface area contributed by atoms with Gasteiger partial charge in [-0.15, -0.1) is 0 Å². The zero-order valence-corrected chi connectivity index (χ0v) is 82.2. The Morgan fingerprint density at radius 3 is 0.697 bits per heavy atom. The number of hydrogen-bond donors (Lipinski definition) is 14. The van der Waals surface area contributed by atoms with E-state index >= 15 is 4.79 Å². The van der Waals surface area contributed by atoms with E-state index in [0.717, 1.165) is 0 Å². The third-order valence-electron chi connectivity index (χ3n) is 16.4. The molecule has 0 radical (unpaired) electrons. The molecule has 0 aromatic carbocycles. The zero-order valence-electron chi connectivity index (χ0n) is 82.2. The van der Waals surface area contributed by atoms with Crippen LogP contribution in [0.3, 0.4) is 0 Å². The first kappa shape index (κ1) is 121. The fraction of sp³-hybridized carbons (Fsp3) is 0.761. The van der Waals surface area contributed by atoms with E-state index in [1.165, 1.54) is 20.8 Å². The first-order valence-corrected chi connectivity index (χ1v) is 44.0. The monoisotopic (exact) mass is 1880 g/mol. The molecule has 0 saturated carbocycles. The average molecular weight is 1880 g/mol. The van der Waals surface area contributed by atoms with Gasteiger partial charge >= 0.3 is 53.8 Å². The van der Waals surface area contributed by atoms with Gasteiger partial charge in [-0.2, -0.15) is 0 Å². The normalized spacial score (nSPS) is 13.8. The summed E-state index contributed by atoms with van der Waals surface area (Å²) < 4.78 is 48.8. The second kappa shape index (κ2) is 55.2. The second-order valence-corrected chi connectivity index (χ2v) is 40.2. The molecule has 8 unspecified atom stereocenters. The Hall–Kier alpha value is -11.4. The Morgan fingerprint density at radius 1 is 0.212 bits per heavy atom. The molecular formula is C88H150N14O30. The molecule has 0 saturated heterocycles. The molecule has 8 atom stereocenters. The van der Waals surface area contributed by atoms with E-state index in [2.05, 4.69) is 69.1 Å². The predicted octanol–water partition coefficient (Wildman–Crippen LogP) is 2.18. The summed E-state index contributed by atoms with van der Waals surface area (Å²) in [5.41, 5.74) is -3.26. The Kier molecular flexibility index (Phi) is 50.5. The maximum atomic E-state index is 15.2. The van der Waals surface area contributed by atoms with Gasteiger partial charge in [-0.25, -0.2) is 24.0 Å². The largest absolute Gasteiger partial charge is 0.460 e. The van der Waals surface area contributed by atoms with Crippen LogP contribution in [0.5, 0.6) is 0 Å². The second-order valence-electron chi connectivity index (χ2n) is 40.2. The molecule has 44 nitrogen and oxygen atoms in total. The topological polar surface area (TPSA) is 624 Å². The zero-order chi connectivity index (χ0) is 102. The predicted molar refractivity (Wildman–Crippen MR) is 476 cm³/mol. The number of carbonyl (C=O) groups excluding carboxylic acids is 21. The third kappa shape index (κ3) is 62.1. The number of nitrogens with two attached hydrogens (primary N) is 1. The molecule has 13 amide bonds. The lowest BCUT2D eigenvalue weighted by atomic mass is 10.0. The average Bonchev–Trinajstić information content (AvgIpc) is 0.868. The summed E-state index contributed by atoms with van der Waals surface area (Å²) in [7, 11) is 0. The van der Waals surface area contributed by atoms with Gasteiger partial charge in [0.15, 0.2) is 0 Å². The quantitative estimate of drug-likeness (QED) is 0.0236. The fourth-order valence-electron chi connectivity index (χ4n) is 11.1. The molecule has 0 aromatic heterocycles. The Morgan fingerprint density at radius 2 is 0.432 bits per heavy atom. The van der Waals surface area contributed by atoms with Crippen LogP contribution in [-0.4, -0.2) is 263 Å². The number of ether oxygens (including phenoxy) is 9. The van der Waals surface area contributed by atoms with Crippen LogP contribution in [-0.2, 0) is 139 Å². The van der Waals surface area contributed by atoms with Gasteiger partial charge in [-0.1, -0.05) is 0 Å². The standard InChI is InChI=1S/C88H150N14O30/c1-80(2,3)124-67(111)41-34-55(75(119)128-84(13,14)15)97-63(107)47-91-59(103)38-31-52(71(115)93-49-65(109)99-57(77(121)130-86(19,20)21)36-43-69(113)126-82(7,8)9)95-61(105)40-33-54(102-73(117)51(96-62(106)46-89)30-28-29-45-90-79(123)132-88(25,26)27)74(118)101-53(72(116)94-50-66(110)100-58(78(122)131-87(22,23)24)37-44-70(114)127-83(10,11)12)32-39-60(104)92-48-64(108)98-56(76(120)129-85(16,17)18)35-42-68(112)125-81(4,5)6/h51-58H,28-50,89H2,1-27H3,(H,90,123)(H,91,103)(H,92,104)(H,93,115)(H,94,116)(H,95,105)(H,96,106)(H,97,107)(H,98,108)(H,99,109)(H,100,110)(H,101,118)(H,102,117). The molecule has 0 bridgehead atoms. The fourth-order valence-corrected chi connectivity index (χ4v) is 11.1. The minimum atomic E-state index is -2.02. The summed E-state index contributed by atoms with van der Waals surface area (Å²) in [6, 6.07) is -13.3. The number of hydrogen-bond acceptors (Lipinski definition) is 31. The summed E-state index contributed by atoms with van der Waals surface area (Å²) in [4.78, 5) is 287. The maximum absolute atomic E-state index is 15.2. The van der Waals surface area contributed by atoms with Gasteiger partial charge in [-0.3, -0.25) is 76.7 Å². The minimum absolute atomic E-state index is 0.00735. The number of carbonyl (C=O) groups is 21. The summed E-state index contributed by atoms with van der Waals surface area (Å²) in [6.07, 6.45) is -8.26. The number of alkyl carbamates (subject to hydrolysis) is 1. The molecule has 0 fully saturated rings. The number of rotatable bonds is 51. The smallest absolute Gasteiger partial charge is 0.407 e. The summed E-state index contributed by atoms with van der Waals surface area (Å²) >= 11 is 0. The lowest BCUT2D eigenvalue weighted by molar-refractivity contribution is -0.161. The molecule has 0 aliphatic rings. The van der Waals surface area contributed by atoms with Crippen LogP contribution in [0.4, 0.5) is 4.79 Å². The molecular weight excluding hydrogens is 1730 g/mol. The first-order valence-electron chi connectivity index (χ1n) is 44.0. The van der Waals surface area contributed by atoms with Crippen molar-refractivity contribution in [3.8, 4) is 0 Å². The number of unbranched alkanes of at least 4 members (excludes halogenated alkanes) is 1. The Bertz CT molecular complexity index is 3960. The van der Waals surface area contributed by atoms with Gasteiger partial charge in [0.1, 0.15) is 98.7 Å². The molecule has 0 aliphatic heterocycles. The number of amides is 13. The number of nitrogens with one attached hydrogen (secondary N) is 13. The van der Waals surface area contributed by atoms with Crippen LogP contribution in [0.15, 0.2) is 0 Å². The molecule has 0 rings (SSSR count). The van der Waals surface area contributed by atoms with E-state index in [1.54, 1.807) is 166 Å². The molecule has 0 heterocycles. The minimum Gasteiger partial charge on any atom is -0.460 e. The number of esters is 8. The van der Waals surface area contributed by atoms with Gasteiger partial charge in [0, 0.05) is 51.5 Å². The van der Waals surface area contributed by atoms with Crippen molar-refractivity contribution in [1.82, 2.24) is 69.1 Å². The highest BCUT2D eigenvalue weighted by Crippen LogP contribution is 2.21. The van der Waals surface area contributed by atoms with Crippen molar-refractivity contribution in [3.05, 3.63) is 0 Å². The Labute approximate surface area is 773 Å². The summed E-state index contributed by atoms with van der Waals surface area (Å²) in [6.45, 7) is 38.5. The molecule has 44 heteroatoms. The third-order valence-corrected chi connectivity index (χ3v) is 16.4. The van der Waals surface area contributed by atoms with Gasteiger partial charge < -0.3 is 117 Å². The van der Waals surface area contributed by atoms with E-state index in [0.29, 0.717) is 0 Å². The van der Waals surface area contributed by atoms with Gasteiger partial charge in [0.2, 0.25) is 70.9 Å². The summed E-state index contributed by atoms with van der Waals surface area (Å²) in [5.74, 6) is -19.7. The van der Waals surface area contributed by atoms with Crippen molar-refractivity contribution in [3.63, 3.8) is 0 Å². The molecule has 0 aliphatic carbocycles. The Balaban J connectivity index is 8.35. The van der Waals surface area contributed by atoms with E-state index in [9.17, 15) is 95.9 Å². The van der Waals surface area contributed by atoms with E-state index in [4.69, 9.17) is 48.4 Å². The van der Waals surface area contributed by atoms with Crippen molar-refractivity contribution in [2.24, 2.45) is 5.73 Å². The SMILES string of the molecule is CC(C)(C)OC(=O)CCC(NC(=O)CNC(=O)CCC(NC(=O)CCC(NC(=O)C(CCCCNC(=O)OC(C)(C)C)NC(=O)CN)C(=O)NC(CCC(=O)NCC(=O)NC(CCC(=O)OC(C)(C)C)C(=O)OC(C)(C)C)C(=O)NCC(=O)NC(CCC(=O)OC(C)(C)C)C(=O)OC(C)(C)C)C(=O)NCC(=O)NC(CCC(=O)OC(C)(C)C)C(=O)OC(C)(C)C)C(=O)OC(C)(C)C. The van der Waals surface area contributed by atoms with Crippen molar-refractivity contribution in [1.29, 1.82) is 0 Å². The van der Waals surface area contributed by atoms with E-state index < -0.39 is 308 Å². The molecule has 132 heavy (non-hydrogen) atoms. The van der Waals surface area contributed by atoms with Crippen LogP contribution in [0.1, 0.15) is 296 Å². The molecule has 15 N–H and O–H groups in total. The van der Waals surface area contributed by atoms with Crippen LogP contribution in [0.2, 0.25) is 0 Å². The highest BCUT2D eigenvalue weighted by Gasteiger charge is 2.38. The van der Waals surface area contributed by atoms with Crippen LogP contribution in [0.25, 0.3) is 0 Å². The van der Waals surface area contributed by atoms with Crippen molar-refractivity contribution in [2.75, 3.05) is 39.3 Å². The van der Waals surface area contributed by atoms with Crippen molar-refractivity contribution in [2.45, 2.75) is 395 Å². The lowest BCUT2D eigenvalue weighted by Gasteiger charge is -2.26. The van der Waals surface area contributed by atoms with Crippen LogP contribution in [0, 0.1) is 0 Å². The highest BCUT2D eigenvalue weighted by molar-refractivity contribution is 5.98. The van der Waals surface area contributed by atoms with Crippen molar-refractivity contribution >= 4 is 125 Å². The first-order chi connectivity index (χ1) is 60.1. The van der Waals surface area contributed by atoms with Crippen molar-refractivity contribution < 1.29 is 143 Å². The van der Waals surface area contributed by atoms with Gasteiger partial charge in [0.05, 0.1) is 32.7 Å². The molecule has 0 spiro atoms. The molecule has 0 aromatic rings. The van der Waals surface area contributed by atoms with E-state index in [-0.39, 0.29) is 64.3 Å². The lowest BCUT2D eigenvalue weighted by Crippen LogP contribution is -2.58. The van der Waals surface area contributed by atoms with Gasteiger partial charge in [-0.05, 0) is 251 Å². The maximum Gasteiger partial charge on any atom is 0.407 e. The highest BCUT2D eigenvalue weighted by atomic mass is 16.6. The summed E-state index contributed by atoms with van der Waals surface area (Å²) in [5, 5.41) is 31.2. The van der Waals surface area contributed by atoms with Crippen LogP contribution < -0.4 is 74.9 Å². The van der Waals surface area contributed by atoms with Crippen LogP contribution >= 0.6 is 0 Å². The van der Waals surface area contributed by atoms with E-state index in [1.807, 2.05) is 0 Å².